The van der Waals surface area contributed by atoms with Crippen LogP contribution in [-0.2, 0) is 22.7 Å². The lowest BCUT2D eigenvalue weighted by Gasteiger charge is -2.12. The quantitative estimate of drug-likeness (QED) is 0.456. The molecule has 4 N–H and O–H groups in total. The lowest BCUT2D eigenvalue weighted by Crippen LogP contribution is -2.40. The molecule has 7 heteroatoms. The smallest absolute Gasteiger partial charge is 0.413 e. The maximum Gasteiger partial charge on any atom is 0.413 e. The monoisotopic (exact) mass is 380 g/mol. The van der Waals surface area contributed by atoms with Gasteiger partial charge in [-0.3, -0.25) is 15.5 Å². The highest BCUT2D eigenvalue weighted by molar-refractivity contribution is 6.04. The number of ether oxygens (including phenoxy) is 1. The number of hydrogen-bond acceptors (Lipinski definition) is 5. The summed E-state index contributed by atoms with van der Waals surface area (Å²) in [5.74, 6) is -0.0269. The predicted molar refractivity (Wildman–Crippen MR) is 106 cm³/mol. The molecule has 0 saturated carbocycles. The van der Waals surface area contributed by atoms with Crippen molar-refractivity contribution in [1.82, 2.24) is 16.0 Å². The summed E-state index contributed by atoms with van der Waals surface area (Å²) in [5.41, 5.74) is 2.36. The van der Waals surface area contributed by atoms with Gasteiger partial charge in [0.25, 0.3) is 0 Å². The highest BCUT2D eigenvalue weighted by atomic mass is 16.5. The van der Waals surface area contributed by atoms with E-state index in [9.17, 15) is 9.59 Å². The molecule has 28 heavy (non-hydrogen) atoms. The van der Waals surface area contributed by atoms with E-state index in [2.05, 4.69) is 16.0 Å². The van der Waals surface area contributed by atoms with Crippen LogP contribution in [0.15, 0.2) is 54.6 Å². The highest BCUT2D eigenvalue weighted by Gasteiger charge is 2.21. The Labute approximate surface area is 164 Å². The molecule has 1 aliphatic heterocycles. The Morgan fingerprint density at radius 1 is 1.07 bits per heavy atom. The lowest BCUT2D eigenvalue weighted by molar-refractivity contribution is -0.122. The number of carbonyl (C=O) groups is 2. The summed E-state index contributed by atoms with van der Waals surface area (Å²) < 4.78 is 5.11. The minimum Gasteiger partial charge on any atom is -0.444 e. The molecule has 1 saturated heterocycles. The van der Waals surface area contributed by atoms with Crippen molar-refractivity contribution in [2.75, 3.05) is 6.54 Å². The summed E-state index contributed by atoms with van der Waals surface area (Å²) in [6.07, 6.45) is 1.22. The first-order chi connectivity index (χ1) is 13.6. The molecule has 0 aromatic heterocycles. The average molecular weight is 380 g/mol. The Hall–Kier alpha value is -3.19. The van der Waals surface area contributed by atoms with Crippen molar-refractivity contribution in [2.24, 2.45) is 0 Å². The van der Waals surface area contributed by atoms with E-state index < -0.39 is 6.09 Å². The number of nitrogens with one attached hydrogen (secondary N) is 4. The summed E-state index contributed by atoms with van der Waals surface area (Å²) in [5, 5.41) is 16.5. The van der Waals surface area contributed by atoms with Crippen molar-refractivity contribution in [1.29, 1.82) is 5.41 Å². The minimum atomic E-state index is -0.672. The number of hydrogen-bond donors (Lipinski definition) is 4. The summed E-state index contributed by atoms with van der Waals surface area (Å²) >= 11 is 0. The SMILES string of the molecule is N=C(NC(=O)OCc1ccccc1)c1ccc(CNC(=O)[C@@H]2CCCN2)cc1. The Kier molecular flexibility index (Phi) is 6.75. The van der Waals surface area contributed by atoms with Crippen LogP contribution in [0.3, 0.4) is 0 Å². The van der Waals surface area contributed by atoms with Crippen molar-refractivity contribution in [3.63, 3.8) is 0 Å². The van der Waals surface area contributed by atoms with Gasteiger partial charge in [-0.2, -0.15) is 0 Å². The summed E-state index contributed by atoms with van der Waals surface area (Å²) in [4.78, 5) is 23.9. The number of carbonyl (C=O) groups excluding carboxylic acids is 2. The van der Waals surface area contributed by atoms with Crippen molar-refractivity contribution < 1.29 is 14.3 Å². The molecule has 0 aliphatic carbocycles. The van der Waals surface area contributed by atoms with Gasteiger partial charge in [0.15, 0.2) is 0 Å². The largest absolute Gasteiger partial charge is 0.444 e. The predicted octanol–water partition coefficient (Wildman–Crippen LogP) is 2.31. The van der Waals surface area contributed by atoms with Gasteiger partial charge < -0.3 is 15.4 Å². The second-order valence-electron chi connectivity index (χ2n) is 6.63. The Balaban J connectivity index is 1.43. The fraction of sp³-hybridized carbons (Fsp3) is 0.286. The van der Waals surface area contributed by atoms with E-state index in [1.165, 1.54) is 0 Å². The fourth-order valence-electron chi connectivity index (χ4n) is 2.94. The minimum absolute atomic E-state index is 0.0112. The van der Waals surface area contributed by atoms with Crippen LogP contribution in [0.4, 0.5) is 4.79 Å². The topological polar surface area (TPSA) is 103 Å². The van der Waals surface area contributed by atoms with Crippen molar-refractivity contribution in [3.05, 3.63) is 71.3 Å². The van der Waals surface area contributed by atoms with Gasteiger partial charge in [-0.15, -0.1) is 0 Å². The summed E-state index contributed by atoms with van der Waals surface area (Å²) in [7, 11) is 0. The molecule has 2 amide bonds. The number of alkyl carbamates (subject to hydrolysis) is 1. The molecule has 146 valence electrons. The van der Waals surface area contributed by atoms with Crippen LogP contribution in [0.1, 0.15) is 29.5 Å². The van der Waals surface area contributed by atoms with Crippen molar-refractivity contribution >= 4 is 17.8 Å². The molecule has 0 spiro atoms. The Morgan fingerprint density at radius 3 is 2.50 bits per heavy atom. The summed E-state index contributed by atoms with van der Waals surface area (Å²) in [6.45, 7) is 1.46. The number of amidine groups is 1. The van der Waals surface area contributed by atoms with Gasteiger partial charge in [-0.1, -0.05) is 54.6 Å². The fourth-order valence-corrected chi connectivity index (χ4v) is 2.94. The third kappa shape index (κ3) is 5.65. The van der Waals surface area contributed by atoms with Crippen molar-refractivity contribution in [3.8, 4) is 0 Å². The molecule has 1 fully saturated rings. The van der Waals surface area contributed by atoms with Crippen LogP contribution < -0.4 is 16.0 Å². The third-order valence-electron chi connectivity index (χ3n) is 4.53. The third-order valence-corrected chi connectivity index (χ3v) is 4.53. The molecule has 1 aliphatic rings. The molecule has 7 nitrogen and oxygen atoms in total. The zero-order chi connectivity index (χ0) is 19.8. The van der Waals surface area contributed by atoms with E-state index >= 15 is 0 Å². The van der Waals surface area contributed by atoms with Crippen LogP contribution in [0.2, 0.25) is 0 Å². The van der Waals surface area contributed by atoms with E-state index in [1.807, 2.05) is 42.5 Å². The van der Waals surface area contributed by atoms with Crippen LogP contribution in [0, 0.1) is 5.41 Å². The van der Waals surface area contributed by atoms with Crippen LogP contribution in [0.25, 0.3) is 0 Å². The van der Waals surface area contributed by atoms with Crippen molar-refractivity contribution in [2.45, 2.75) is 32.0 Å². The molecule has 1 heterocycles. The number of benzene rings is 2. The van der Waals surface area contributed by atoms with Gasteiger partial charge in [-0.05, 0) is 30.5 Å². The van der Waals surface area contributed by atoms with Gasteiger partial charge in [0.1, 0.15) is 12.4 Å². The number of amides is 2. The van der Waals surface area contributed by atoms with Gasteiger partial charge in [0, 0.05) is 12.1 Å². The van der Waals surface area contributed by atoms with Gasteiger partial charge in [0.05, 0.1) is 6.04 Å². The molecule has 0 unspecified atom stereocenters. The first-order valence-electron chi connectivity index (χ1n) is 9.28. The second-order valence-corrected chi connectivity index (χ2v) is 6.63. The van der Waals surface area contributed by atoms with Crippen LogP contribution in [-0.4, -0.2) is 30.4 Å². The Morgan fingerprint density at radius 2 is 1.82 bits per heavy atom. The maximum atomic E-state index is 12.0. The van der Waals surface area contributed by atoms with Gasteiger partial charge in [0.2, 0.25) is 5.91 Å². The Bertz CT molecular complexity index is 815. The molecule has 0 bridgehead atoms. The average Bonchev–Trinajstić information content (AvgIpc) is 3.26. The van der Waals surface area contributed by atoms with Gasteiger partial charge >= 0.3 is 6.09 Å². The molecule has 3 rings (SSSR count). The maximum absolute atomic E-state index is 12.0. The van der Waals surface area contributed by atoms with Crippen LogP contribution >= 0.6 is 0 Å². The van der Waals surface area contributed by atoms with E-state index in [0.717, 1.165) is 30.5 Å². The summed E-state index contributed by atoms with van der Waals surface area (Å²) in [6, 6.07) is 16.4. The molecule has 2 aromatic carbocycles. The molecule has 2 aromatic rings. The zero-order valence-electron chi connectivity index (χ0n) is 15.5. The van der Waals surface area contributed by atoms with Gasteiger partial charge in [-0.25, -0.2) is 4.79 Å². The standard InChI is InChI=1S/C21H24N4O3/c22-19(25-21(27)28-14-16-5-2-1-3-6-16)17-10-8-15(9-11-17)13-24-20(26)18-7-4-12-23-18/h1-3,5-6,8-11,18,23H,4,7,12-14H2,(H,24,26)(H2,22,25,27)/t18-/m0/s1. The molecular formula is C21H24N4O3. The lowest BCUT2D eigenvalue weighted by atomic mass is 10.1. The first-order valence-corrected chi connectivity index (χ1v) is 9.28. The normalized spacial score (nSPS) is 15.6. The van der Waals surface area contributed by atoms with Crippen LogP contribution in [0.5, 0.6) is 0 Å². The first kappa shape index (κ1) is 19.6. The van der Waals surface area contributed by atoms with E-state index in [1.54, 1.807) is 12.1 Å². The van der Waals surface area contributed by atoms with E-state index in [-0.39, 0.29) is 24.4 Å². The molecule has 0 radical (unpaired) electrons. The molecular weight excluding hydrogens is 356 g/mol. The second kappa shape index (κ2) is 9.66. The highest BCUT2D eigenvalue weighted by Crippen LogP contribution is 2.07. The van der Waals surface area contributed by atoms with E-state index in [4.69, 9.17) is 10.1 Å². The zero-order valence-corrected chi connectivity index (χ0v) is 15.5. The van der Waals surface area contributed by atoms with E-state index in [0.29, 0.717) is 12.1 Å². The number of rotatable bonds is 6. The molecule has 1 atom stereocenters.